The van der Waals surface area contributed by atoms with Crippen molar-refractivity contribution in [1.29, 1.82) is 0 Å². The molecule has 1 rings (SSSR count). The number of ether oxygens (including phenoxy) is 1. The molecule has 1 heteroatoms. The van der Waals surface area contributed by atoms with Gasteiger partial charge in [0.05, 0.1) is 6.61 Å². The van der Waals surface area contributed by atoms with Crippen LogP contribution in [0.25, 0.3) is 0 Å². The second kappa shape index (κ2) is 13.0. The second-order valence-electron chi connectivity index (χ2n) is 5.09. The molecule has 116 valence electrons. The van der Waals surface area contributed by atoms with Crippen molar-refractivity contribution in [2.24, 2.45) is 5.92 Å². The van der Waals surface area contributed by atoms with Crippen LogP contribution in [0.1, 0.15) is 72.3 Å². The normalized spacial score (nSPS) is 11.4. The number of benzene rings is 1. The second-order valence-corrected chi connectivity index (χ2v) is 5.09. The fourth-order valence-electron chi connectivity index (χ4n) is 2.23. The van der Waals surface area contributed by atoms with Gasteiger partial charge < -0.3 is 4.74 Å². The lowest BCUT2D eigenvalue weighted by molar-refractivity contribution is 0.231. The van der Waals surface area contributed by atoms with Crippen molar-refractivity contribution in [1.82, 2.24) is 0 Å². The van der Waals surface area contributed by atoms with E-state index in [4.69, 9.17) is 4.74 Å². The van der Waals surface area contributed by atoms with E-state index >= 15 is 0 Å². The zero-order valence-corrected chi connectivity index (χ0v) is 14.2. The van der Waals surface area contributed by atoms with Gasteiger partial charge in [-0.2, -0.15) is 0 Å². The first-order chi connectivity index (χ1) is 9.81. The standard InChI is InChI=1S/C17H28O.C2H6/c1-4-7-11-15(6-3)14-18-17-13-9-8-12-16(17)10-5-2;1-2/h8-9,12-13,15H,4-7,10-11,14H2,1-3H3;1-2H3. The van der Waals surface area contributed by atoms with Crippen LogP contribution in [-0.4, -0.2) is 6.61 Å². The van der Waals surface area contributed by atoms with Crippen LogP contribution < -0.4 is 4.74 Å². The maximum absolute atomic E-state index is 6.04. The lowest BCUT2D eigenvalue weighted by atomic mass is 10.0. The Morgan fingerprint density at radius 2 is 1.70 bits per heavy atom. The summed E-state index contributed by atoms with van der Waals surface area (Å²) in [5.41, 5.74) is 1.35. The van der Waals surface area contributed by atoms with Crippen LogP contribution >= 0.6 is 0 Å². The molecule has 1 aromatic rings. The number of hydrogen-bond acceptors (Lipinski definition) is 1. The molecule has 0 radical (unpaired) electrons. The number of aryl methyl sites for hydroxylation is 1. The Labute approximate surface area is 126 Å². The summed E-state index contributed by atoms with van der Waals surface area (Å²) in [5.74, 6) is 1.80. The molecule has 0 fully saturated rings. The molecule has 1 nitrogen and oxygen atoms in total. The maximum atomic E-state index is 6.04. The van der Waals surface area contributed by atoms with Crippen molar-refractivity contribution < 1.29 is 4.74 Å². The molecule has 0 aliphatic carbocycles. The van der Waals surface area contributed by atoms with Gasteiger partial charge in [0.1, 0.15) is 5.75 Å². The van der Waals surface area contributed by atoms with Gasteiger partial charge >= 0.3 is 0 Å². The van der Waals surface area contributed by atoms with E-state index in [1.165, 1.54) is 37.7 Å². The summed E-state index contributed by atoms with van der Waals surface area (Å²) in [5, 5.41) is 0. The van der Waals surface area contributed by atoms with Crippen LogP contribution in [0.2, 0.25) is 0 Å². The molecule has 0 aromatic heterocycles. The average molecular weight is 278 g/mol. The highest BCUT2D eigenvalue weighted by Gasteiger charge is 2.08. The Hall–Kier alpha value is -0.980. The third kappa shape index (κ3) is 7.57. The fraction of sp³-hybridized carbons (Fsp3) is 0.684. The molecule has 0 N–H and O–H groups in total. The Kier molecular flexibility index (Phi) is 12.4. The summed E-state index contributed by atoms with van der Waals surface area (Å²) in [6, 6.07) is 8.47. The fourth-order valence-corrected chi connectivity index (χ4v) is 2.23. The molecule has 1 aromatic carbocycles. The zero-order chi connectivity index (χ0) is 15.2. The van der Waals surface area contributed by atoms with Gasteiger partial charge in [-0.05, 0) is 30.4 Å². The van der Waals surface area contributed by atoms with Gasteiger partial charge in [-0.25, -0.2) is 0 Å². The summed E-state index contributed by atoms with van der Waals surface area (Å²) in [7, 11) is 0. The Morgan fingerprint density at radius 3 is 2.30 bits per heavy atom. The Balaban J connectivity index is 0.00000172. The number of hydrogen-bond donors (Lipinski definition) is 0. The first-order valence-electron chi connectivity index (χ1n) is 8.52. The van der Waals surface area contributed by atoms with Gasteiger partial charge in [-0.3, -0.25) is 0 Å². The van der Waals surface area contributed by atoms with Gasteiger partial charge in [-0.15, -0.1) is 0 Å². The maximum Gasteiger partial charge on any atom is 0.122 e. The van der Waals surface area contributed by atoms with Crippen molar-refractivity contribution in [2.45, 2.75) is 73.1 Å². The molecule has 0 saturated carbocycles. The molecule has 0 amide bonds. The molecule has 0 heterocycles. The quantitative estimate of drug-likeness (QED) is 0.518. The lowest BCUT2D eigenvalue weighted by Crippen LogP contribution is -2.12. The molecule has 1 atom stereocenters. The highest BCUT2D eigenvalue weighted by atomic mass is 16.5. The van der Waals surface area contributed by atoms with Gasteiger partial charge in [0, 0.05) is 0 Å². The number of para-hydroxylation sites is 1. The molecular formula is C19H34O. The van der Waals surface area contributed by atoms with E-state index in [0.717, 1.165) is 18.8 Å². The van der Waals surface area contributed by atoms with E-state index in [9.17, 15) is 0 Å². The molecular weight excluding hydrogens is 244 g/mol. The predicted octanol–water partition coefficient (Wildman–Crippen LogP) is 6.26. The number of unbranched alkanes of at least 4 members (excludes halogenated alkanes) is 1. The van der Waals surface area contributed by atoms with Crippen molar-refractivity contribution in [3.63, 3.8) is 0 Å². The Morgan fingerprint density at radius 1 is 1.00 bits per heavy atom. The van der Waals surface area contributed by atoms with Crippen LogP contribution in [0, 0.1) is 5.92 Å². The molecule has 0 saturated heterocycles. The summed E-state index contributed by atoms with van der Waals surface area (Å²) in [6.45, 7) is 11.6. The largest absolute Gasteiger partial charge is 0.493 e. The molecule has 0 aliphatic heterocycles. The molecule has 1 unspecified atom stereocenters. The topological polar surface area (TPSA) is 9.23 Å². The van der Waals surface area contributed by atoms with Crippen molar-refractivity contribution >= 4 is 0 Å². The smallest absolute Gasteiger partial charge is 0.122 e. The Bertz CT molecular complexity index is 319. The molecule has 20 heavy (non-hydrogen) atoms. The first-order valence-corrected chi connectivity index (χ1v) is 8.52. The van der Waals surface area contributed by atoms with Gasteiger partial charge in [0.15, 0.2) is 0 Å². The molecule has 0 bridgehead atoms. The van der Waals surface area contributed by atoms with Crippen molar-refractivity contribution in [3.05, 3.63) is 29.8 Å². The number of rotatable bonds is 9. The summed E-state index contributed by atoms with van der Waals surface area (Å²) < 4.78 is 6.04. The zero-order valence-electron chi connectivity index (χ0n) is 14.2. The lowest BCUT2D eigenvalue weighted by Gasteiger charge is -2.17. The van der Waals surface area contributed by atoms with E-state index in [-0.39, 0.29) is 0 Å². The monoisotopic (exact) mass is 278 g/mol. The van der Waals surface area contributed by atoms with E-state index < -0.39 is 0 Å². The van der Waals surface area contributed by atoms with Gasteiger partial charge in [0.25, 0.3) is 0 Å². The van der Waals surface area contributed by atoms with E-state index in [1.54, 1.807) is 0 Å². The average Bonchev–Trinajstić information content (AvgIpc) is 2.51. The summed E-state index contributed by atoms with van der Waals surface area (Å²) >= 11 is 0. The van der Waals surface area contributed by atoms with Crippen LogP contribution in [0.3, 0.4) is 0 Å². The first kappa shape index (κ1) is 19.0. The minimum absolute atomic E-state index is 0.708. The van der Waals surface area contributed by atoms with Crippen LogP contribution in [0.15, 0.2) is 24.3 Å². The van der Waals surface area contributed by atoms with E-state index in [2.05, 4.69) is 45.0 Å². The summed E-state index contributed by atoms with van der Waals surface area (Å²) in [4.78, 5) is 0. The van der Waals surface area contributed by atoms with Crippen molar-refractivity contribution in [3.8, 4) is 5.75 Å². The van der Waals surface area contributed by atoms with Crippen molar-refractivity contribution in [2.75, 3.05) is 6.61 Å². The minimum Gasteiger partial charge on any atom is -0.493 e. The van der Waals surface area contributed by atoms with Crippen LogP contribution in [0.4, 0.5) is 0 Å². The highest BCUT2D eigenvalue weighted by molar-refractivity contribution is 5.33. The SMILES string of the molecule is CC.CCCCC(CC)COc1ccccc1CCC. The van der Waals surface area contributed by atoms with E-state index in [0.29, 0.717) is 5.92 Å². The van der Waals surface area contributed by atoms with E-state index in [1.807, 2.05) is 13.8 Å². The molecule has 0 spiro atoms. The van der Waals surface area contributed by atoms with Crippen LogP contribution in [-0.2, 0) is 6.42 Å². The van der Waals surface area contributed by atoms with Crippen LogP contribution in [0.5, 0.6) is 5.75 Å². The molecule has 0 aliphatic rings. The van der Waals surface area contributed by atoms with Gasteiger partial charge in [0.2, 0.25) is 0 Å². The third-order valence-corrected chi connectivity index (χ3v) is 3.51. The van der Waals surface area contributed by atoms with Gasteiger partial charge in [-0.1, -0.05) is 78.5 Å². The predicted molar refractivity (Wildman–Crippen MR) is 90.6 cm³/mol. The highest BCUT2D eigenvalue weighted by Crippen LogP contribution is 2.22. The summed E-state index contributed by atoms with van der Waals surface area (Å²) in [6.07, 6.45) is 7.40. The minimum atomic E-state index is 0.708. The third-order valence-electron chi connectivity index (χ3n) is 3.51.